The number of nitrogens with one attached hydrogen (secondary N) is 2. The van der Waals surface area contributed by atoms with Crippen molar-refractivity contribution in [1.82, 2.24) is 9.88 Å². The van der Waals surface area contributed by atoms with Crippen molar-refractivity contribution in [2.75, 3.05) is 26.1 Å². The maximum absolute atomic E-state index is 12.4. The molecule has 1 aromatic carbocycles. The minimum atomic E-state index is -3.98. The van der Waals surface area contributed by atoms with Gasteiger partial charge < -0.3 is 19.3 Å². The van der Waals surface area contributed by atoms with Crippen LogP contribution in [0.4, 0.5) is 5.82 Å². The number of aromatic nitrogens is 1. The van der Waals surface area contributed by atoms with Crippen LogP contribution in [-0.2, 0) is 14.8 Å². The summed E-state index contributed by atoms with van der Waals surface area (Å²) in [6, 6.07) is 5.85. The van der Waals surface area contributed by atoms with E-state index in [0.29, 0.717) is 11.5 Å². The Morgan fingerprint density at radius 1 is 1.25 bits per heavy atom. The summed E-state index contributed by atoms with van der Waals surface area (Å²) >= 11 is 0. The van der Waals surface area contributed by atoms with Gasteiger partial charge in [0.2, 0.25) is 15.9 Å². The molecule has 1 aromatic heterocycles. The summed E-state index contributed by atoms with van der Waals surface area (Å²) in [5, 5.41) is 6.00. The summed E-state index contributed by atoms with van der Waals surface area (Å²) in [5.41, 5.74) is 0. The lowest BCUT2D eigenvalue weighted by atomic mass is 10.3. The van der Waals surface area contributed by atoms with Gasteiger partial charge in [-0.1, -0.05) is 5.16 Å². The first-order valence-electron chi connectivity index (χ1n) is 6.80. The topological polar surface area (TPSA) is 120 Å². The molecular formula is C14H17N3O6S. The van der Waals surface area contributed by atoms with Gasteiger partial charge in [-0.15, -0.1) is 0 Å². The van der Waals surface area contributed by atoms with Crippen molar-refractivity contribution in [2.45, 2.75) is 11.8 Å². The van der Waals surface area contributed by atoms with Gasteiger partial charge in [0.1, 0.15) is 22.2 Å². The summed E-state index contributed by atoms with van der Waals surface area (Å²) in [4.78, 5) is 11.7. The molecule has 2 N–H and O–H groups in total. The number of benzene rings is 1. The van der Waals surface area contributed by atoms with E-state index in [2.05, 4.69) is 15.2 Å². The molecule has 0 unspecified atom stereocenters. The highest BCUT2D eigenvalue weighted by molar-refractivity contribution is 7.89. The molecule has 10 heteroatoms. The van der Waals surface area contributed by atoms with Gasteiger partial charge in [0, 0.05) is 12.1 Å². The highest BCUT2D eigenvalue weighted by Gasteiger charge is 2.21. The van der Waals surface area contributed by atoms with E-state index in [4.69, 9.17) is 14.0 Å². The smallest absolute Gasteiger partial charge is 0.244 e. The zero-order valence-electron chi connectivity index (χ0n) is 13.3. The average Bonchev–Trinajstić information content (AvgIpc) is 2.97. The number of carbonyl (C=O) groups excluding carboxylic acids is 1. The Bertz CT molecular complexity index is 831. The van der Waals surface area contributed by atoms with Crippen LogP contribution in [-0.4, -0.2) is 40.2 Å². The van der Waals surface area contributed by atoms with Crippen LogP contribution in [0, 0.1) is 6.92 Å². The predicted octanol–water partition coefficient (Wildman–Crippen LogP) is 0.917. The molecule has 0 radical (unpaired) electrons. The molecule has 0 fully saturated rings. The van der Waals surface area contributed by atoms with Gasteiger partial charge in [-0.2, -0.15) is 0 Å². The maximum Gasteiger partial charge on any atom is 0.244 e. The van der Waals surface area contributed by atoms with Crippen LogP contribution in [0.5, 0.6) is 11.5 Å². The Morgan fingerprint density at radius 2 is 2.00 bits per heavy atom. The molecular weight excluding hydrogens is 338 g/mol. The van der Waals surface area contributed by atoms with Crippen LogP contribution in [0.3, 0.4) is 0 Å². The first kappa shape index (κ1) is 17.8. The lowest BCUT2D eigenvalue weighted by molar-refractivity contribution is -0.115. The maximum atomic E-state index is 12.4. The monoisotopic (exact) mass is 355 g/mol. The van der Waals surface area contributed by atoms with Crippen molar-refractivity contribution in [3.63, 3.8) is 0 Å². The van der Waals surface area contributed by atoms with Crippen molar-refractivity contribution in [2.24, 2.45) is 0 Å². The second-order valence-corrected chi connectivity index (χ2v) is 6.45. The lowest BCUT2D eigenvalue weighted by Crippen LogP contribution is -2.33. The molecule has 0 saturated carbocycles. The first-order valence-corrected chi connectivity index (χ1v) is 8.29. The molecule has 0 saturated heterocycles. The van der Waals surface area contributed by atoms with E-state index in [-0.39, 0.29) is 16.5 Å². The zero-order valence-corrected chi connectivity index (χ0v) is 14.1. The third-order valence-electron chi connectivity index (χ3n) is 2.98. The number of hydrogen-bond donors (Lipinski definition) is 2. The van der Waals surface area contributed by atoms with Crippen LogP contribution in [0.2, 0.25) is 0 Å². The number of sulfonamides is 1. The van der Waals surface area contributed by atoms with E-state index >= 15 is 0 Å². The fourth-order valence-electron chi connectivity index (χ4n) is 1.84. The predicted molar refractivity (Wildman–Crippen MR) is 84.6 cm³/mol. The SMILES string of the molecule is COc1ccc(OC)c(S(=O)(=O)NCC(=O)Nc2cc(C)on2)c1. The lowest BCUT2D eigenvalue weighted by Gasteiger charge is -2.11. The van der Waals surface area contributed by atoms with E-state index in [1.807, 2.05) is 0 Å². The Labute approximate surface area is 139 Å². The van der Waals surface area contributed by atoms with Gasteiger partial charge in [0.25, 0.3) is 0 Å². The summed E-state index contributed by atoms with van der Waals surface area (Å²) in [7, 11) is -1.21. The van der Waals surface area contributed by atoms with Crippen molar-refractivity contribution in [1.29, 1.82) is 0 Å². The minimum Gasteiger partial charge on any atom is -0.497 e. The average molecular weight is 355 g/mol. The van der Waals surface area contributed by atoms with Crippen molar-refractivity contribution < 1.29 is 27.2 Å². The fourth-order valence-corrected chi connectivity index (χ4v) is 3.01. The molecule has 9 nitrogen and oxygen atoms in total. The first-order chi connectivity index (χ1) is 11.4. The van der Waals surface area contributed by atoms with E-state index in [0.717, 1.165) is 0 Å². The number of aryl methyl sites for hydroxylation is 1. The number of nitrogens with zero attached hydrogens (tertiary/aromatic N) is 1. The molecule has 1 heterocycles. The van der Waals surface area contributed by atoms with E-state index in [1.54, 1.807) is 13.0 Å². The minimum absolute atomic E-state index is 0.130. The number of carbonyl (C=O) groups is 1. The summed E-state index contributed by atoms with van der Waals surface area (Å²) < 4.78 is 41.8. The summed E-state index contributed by atoms with van der Waals surface area (Å²) in [6.45, 7) is 1.19. The quantitative estimate of drug-likeness (QED) is 0.757. The van der Waals surface area contributed by atoms with Crippen LogP contribution in [0.1, 0.15) is 5.76 Å². The number of amides is 1. The Morgan fingerprint density at radius 3 is 2.58 bits per heavy atom. The number of rotatable bonds is 7. The number of anilines is 1. The third kappa shape index (κ3) is 4.24. The Kier molecular flexibility index (Phi) is 5.42. The highest BCUT2D eigenvalue weighted by atomic mass is 32.2. The van der Waals surface area contributed by atoms with Crippen LogP contribution >= 0.6 is 0 Å². The number of ether oxygens (including phenoxy) is 2. The van der Waals surface area contributed by atoms with E-state index in [9.17, 15) is 13.2 Å². The van der Waals surface area contributed by atoms with Gasteiger partial charge in [-0.05, 0) is 19.1 Å². The van der Waals surface area contributed by atoms with Gasteiger partial charge in [-0.25, -0.2) is 13.1 Å². The largest absolute Gasteiger partial charge is 0.497 e. The molecule has 130 valence electrons. The second-order valence-electron chi connectivity index (χ2n) is 4.71. The Balaban J connectivity index is 2.09. The third-order valence-corrected chi connectivity index (χ3v) is 4.40. The molecule has 24 heavy (non-hydrogen) atoms. The molecule has 0 bridgehead atoms. The molecule has 2 aromatic rings. The van der Waals surface area contributed by atoms with Gasteiger partial charge >= 0.3 is 0 Å². The fraction of sp³-hybridized carbons (Fsp3) is 0.286. The number of hydrogen-bond acceptors (Lipinski definition) is 7. The second kappa shape index (κ2) is 7.32. The van der Waals surface area contributed by atoms with Gasteiger partial charge in [0.05, 0.1) is 20.8 Å². The van der Waals surface area contributed by atoms with Crippen molar-refractivity contribution in [3.8, 4) is 11.5 Å². The molecule has 0 aliphatic carbocycles. The number of methoxy groups -OCH3 is 2. The van der Waals surface area contributed by atoms with Crippen LogP contribution in [0.15, 0.2) is 33.7 Å². The standard InChI is InChI=1S/C14H17N3O6S/c1-9-6-13(17-23-9)16-14(18)8-15-24(19,20)12-7-10(21-2)4-5-11(12)22-3/h4-7,15H,8H2,1-3H3,(H,16,17,18). The molecule has 2 rings (SSSR count). The molecule has 0 atom stereocenters. The molecule has 1 amide bonds. The Hall–Kier alpha value is -2.59. The molecule has 0 aliphatic rings. The summed E-state index contributed by atoms with van der Waals surface area (Å²) in [5.74, 6) is 0.617. The highest BCUT2D eigenvalue weighted by Crippen LogP contribution is 2.27. The molecule has 0 aliphatic heterocycles. The summed E-state index contributed by atoms with van der Waals surface area (Å²) in [6.07, 6.45) is 0. The van der Waals surface area contributed by atoms with Crippen LogP contribution in [0.25, 0.3) is 0 Å². The normalized spacial score (nSPS) is 11.1. The van der Waals surface area contributed by atoms with Gasteiger partial charge in [-0.3, -0.25) is 4.79 Å². The van der Waals surface area contributed by atoms with Crippen LogP contribution < -0.4 is 19.5 Å². The van der Waals surface area contributed by atoms with E-state index in [1.165, 1.54) is 32.4 Å². The van der Waals surface area contributed by atoms with Gasteiger partial charge in [0.15, 0.2) is 5.82 Å². The van der Waals surface area contributed by atoms with Crippen molar-refractivity contribution in [3.05, 3.63) is 30.0 Å². The van der Waals surface area contributed by atoms with E-state index < -0.39 is 22.5 Å². The molecule has 0 spiro atoms. The zero-order chi connectivity index (χ0) is 17.7. The van der Waals surface area contributed by atoms with Crippen molar-refractivity contribution >= 4 is 21.7 Å².